The molecule has 0 saturated heterocycles. The molecule has 1 aromatic heterocycles. The largest absolute Gasteiger partial charge is 0.353 e. The molecule has 1 aliphatic rings. The number of carbonyl (C=O) groups excluding carboxylic acids is 1. The third kappa shape index (κ3) is 2.98. The summed E-state index contributed by atoms with van der Waals surface area (Å²) in [6.45, 7) is 0.800. The highest BCUT2D eigenvalue weighted by Crippen LogP contribution is 2.35. The number of amides is 1. The van der Waals surface area contributed by atoms with E-state index in [9.17, 15) is 4.79 Å². The Morgan fingerprint density at radius 3 is 3.20 bits per heavy atom. The van der Waals surface area contributed by atoms with Gasteiger partial charge in [0.1, 0.15) is 12.9 Å². The number of thioether (sulfide) groups is 1. The average molecular weight is 289 g/mol. The first kappa shape index (κ1) is 13.1. The number of nitrogens with zero attached hydrogens (tertiary/aromatic N) is 4. The summed E-state index contributed by atoms with van der Waals surface area (Å²) in [6.07, 6.45) is 2.54. The van der Waals surface area contributed by atoms with E-state index in [2.05, 4.69) is 45.1 Å². The molecule has 0 radical (unpaired) electrons. The molecular weight excluding hydrogens is 274 g/mol. The zero-order valence-electron chi connectivity index (χ0n) is 10.9. The van der Waals surface area contributed by atoms with Crippen LogP contribution in [-0.4, -0.2) is 38.4 Å². The van der Waals surface area contributed by atoms with Crippen LogP contribution in [0.15, 0.2) is 30.6 Å². The van der Waals surface area contributed by atoms with E-state index in [0.29, 0.717) is 11.8 Å². The van der Waals surface area contributed by atoms with Gasteiger partial charge in [0.2, 0.25) is 5.91 Å². The predicted molar refractivity (Wildman–Crippen MR) is 76.2 cm³/mol. The molecule has 6 nitrogen and oxygen atoms in total. The van der Waals surface area contributed by atoms with Crippen molar-refractivity contribution in [3.63, 3.8) is 0 Å². The highest BCUT2D eigenvalue weighted by molar-refractivity contribution is 7.99. The number of fused-ring (bicyclic) bond motifs is 1. The van der Waals surface area contributed by atoms with Crippen LogP contribution < -0.4 is 5.32 Å². The van der Waals surface area contributed by atoms with Gasteiger partial charge in [-0.25, -0.2) is 4.68 Å². The summed E-state index contributed by atoms with van der Waals surface area (Å²) in [5.41, 5.74) is 2.73. The van der Waals surface area contributed by atoms with Gasteiger partial charge in [0.25, 0.3) is 0 Å². The van der Waals surface area contributed by atoms with Crippen LogP contribution >= 0.6 is 11.8 Å². The molecule has 104 valence electrons. The van der Waals surface area contributed by atoms with Gasteiger partial charge >= 0.3 is 0 Å². The Morgan fingerprint density at radius 2 is 2.35 bits per heavy atom. The zero-order valence-corrected chi connectivity index (χ0v) is 11.7. The van der Waals surface area contributed by atoms with Gasteiger partial charge in [-0.1, -0.05) is 24.3 Å². The van der Waals surface area contributed by atoms with E-state index in [0.717, 1.165) is 12.2 Å². The second-order valence-electron chi connectivity index (χ2n) is 4.62. The summed E-state index contributed by atoms with van der Waals surface area (Å²) in [4.78, 5) is 11.8. The van der Waals surface area contributed by atoms with Crippen molar-refractivity contribution in [2.24, 2.45) is 0 Å². The average Bonchev–Trinajstić information content (AvgIpc) is 2.98. The molecule has 1 aliphatic heterocycles. The van der Waals surface area contributed by atoms with Crippen LogP contribution in [0.2, 0.25) is 0 Å². The highest BCUT2D eigenvalue weighted by Gasteiger charge is 2.20. The van der Waals surface area contributed by atoms with Crippen LogP contribution in [0.1, 0.15) is 16.4 Å². The zero-order chi connectivity index (χ0) is 13.8. The third-order valence-corrected chi connectivity index (χ3v) is 4.54. The highest BCUT2D eigenvalue weighted by atomic mass is 32.2. The van der Waals surface area contributed by atoms with Gasteiger partial charge in [0, 0.05) is 11.8 Å². The Hall–Kier alpha value is -1.89. The minimum atomic E-state index is -0.0686. The number of aryl methyl sites for hydroxylation is 1. The SMILES string of the molecule is O=C(Cn1cnnn1)NCC1SCCc2ccccc21. The van der Waals surface area contributed by atoms with Crippen LogP contribution in [0.3, 0.4) is 0 Å². The molecule has 0 bridgehead atoms. The molecule has 1 N–H and O–H groups in total. The van der Waals surface area contributed by atoms with Gasteiger partial charge in [-0.15, -0.1) is 5.10 Å². The molecule has 1 atom stereocenters. The Balaban J connectivity index is 1.58. The number of benzene rings is 1. The third-order valence-electron chi connectivity index (χ3n) is 3.27. The summed E-state index contributed by atoms with van der Waals surface area (Å²) in [5, 5.41) is 14.0. The molecule has 2 aromatic rings. The number of hydrogen-bond acceptors (Lipinski definition) is 5. The van der Waals surface area contributed by atoms with E-state index in [4.69, 9.17) is 0 Å². The van der Waals surface area contributed by atoms with Crippen molar-refractivity contribution < 1.29 is 4.79 Å². The molecule has 0 saturated carbocycles. The van der Waals surface area contributed by atoms with Crippen LogP contribution in [0.25, 0.3) is 0 Å². The van der Waals surface area contributed by atoms with E-state index in [1.165, 1.54) is 22.1 Å². The lowest BCUT2D eigenvalue weighted by Crippen LogP contribution is -2.32. The van der Waals surface area contributed by atoms with Gasteiger partial charge in [0.05, 0.1) is 0 Å². The minimum absolute atomic E-state index is 0.0686. The molecule has 20 heavy (non-hydrogen) atoms. The molecule has 0 fully saturated rings. The minimum Gasteiger partial charge on any atom is -0.353 e. The van der Waals surface area contributed by atoms with Crippen LogP contribution in [0.4, 0.5) is 0 Å². The van der Waals surface area contributed by atoms with E-state index >= 15 is 0 Å². The van der Waals surface area contributed by atoms with Gasteiger partial charge < -0.3 is 5.32 Å². The van der Waals surface area contributed by atoms with Crippen LogP contribution in [-0.2, 0) is 17.8 Å². The first-order valence-corrected chi connectivity index (χ1v) is 7.54. The van der Waals surface area contributed by atoms with Crippen molar-refractivity contribution >= 4 is 17.7 Å². The van der Waals surface area contributed by atoms with Crippen molar-refractivity contribution in [2.45, 2.75) is 18.2 Å². The molecule has 2 heterocycles. The lowest BCUT2D eigenvalue weighted by Gasteiger charge is -2.25. The maximum Gasteiger partial charge on any atom is 0.241 e. The topological polar surface area (TPSA) is 72.7 Å². The Morgan fingerprint density at radius 1 is 1.45 bits per heavy atom. The summed E-state index contributed by atoms with van der Waals surface area (Å²) < 4.78 is 1.41. The van der Waals surface area contributed by atoms with Crippen molar-refractivity contribution in [1.82, 2.24) is 25.5 Å². The molecule has 3 rings (SSSR count). The van der Waals surface area contributed by atoms with E-state index < -0.39 is 0 Å². The van der Waals surface area contributed by atoms with Crippen molar-refractivity contribution in [3.05, 3.63) is 41.7 Å². The molecular formula is C13H15N5OS. The van der Waals surface area contributed by atoms with E-state index in [-0.39, 0.29) is 12.5 Å². The number of hydrogen-bond donors (Lipinski definition) is 1. The summed E-state index contributed by atoms with van der Waals surface area (Å²) in [5.74, 6) is 1.03. The molecule has 0 aliphatic carbocycles. The first-order chi connectivity index (χ1) is 9.83. The first-order valence-electron chi connectivity index (χ1n) is 6.50. The molecule has 1 aromatic carbocycles. The number of tetrazole rings is 1. The molecule has 1 amide bonds. The van der Waals surface area contributed by atoms with Crippen molar-refractivity contribution in [2.75, 3.05) is 12.3 Å². The van der Waals surface area contributed by atoms with E-state index in [1.54, 1.807) is 0 Å². The summed E-state index contributed by atoms with van der Waals surface area (Å²) in [7, 11) is 0. The van der Waals surface area contributed by atoms with Gasteiger partial charge in [-0.2, -0.15) is 11.8 Å². The molecule has 7 heteroatoms. The van der Waals surface area contributed by atoms with Crippen molar-refractivity contribution in [1.29, 1.82) is 0 Å². The number of carbonyl (C=O) groups is 1. The van der Waals surface area contributed by atoms with Gasteiger partial charge in [-0.05, 0) is 33.7 Å². The second-order valence-corrected chi connectivity index (χ2v) is 5.93. The quantitative estimate of drug-likeness (QED) is 0.902. The number of aromatic nitrogens is 4. The number of nitrogens with one attached hydrogen (secondary N) is 1. The Bertz CT molecular complexity index is 586. The standard InChI is InChI=1S/C13H15N5OS/c19-13(8-18-9-15-16-17-18)14-7-12-11-4-2-1-3-10(11)5-6-20-12/h1-4,9,12H,5-8H2,(H,14,19). The summed E-state index contributed by atoms with van der Waals surface area (Å²) >= 11 is 1.89. The molecule has 0 spiro atoms. The fourth-order valence-corrected chi connectivity index (χ4v) is 3.54. The van der Waals surface area contributed by atoms with Crippen LogP contribution in [0.5, 0.6) is 0 Å². The fraction of sp³-hybridized carbons (Fsp3) is 0.385. The number of rotatable bonds is 4. The van der Waals surface area contributed by atoms with Crippen LogP contribution in [0, 0.1) is 0 Å². The normalized spacial score (nSPS) is 17.5. The Kier molecular flexibility index (Phi) is 3.96. The fourth-order valence-electron chi connectivity index (χ4n) is 2.31. The maximum atomic E-state index is 11.8. The van der Waals surface area contributed by atoms with Gasteiger partial charge in [-0.3, -0.25) is 4.79 Å². The second kappa shape index (κ2) is 6.04. The predicted octanol–water partition coefficient (Wildman–Crippen LogP) is 0.820. The maximum absolute atomic E-state index is 11.8. The monoisotopic (exact) mass is 289 g/mol. The lowest BCUT2D eigenvalue weighted by molar-refractivity contribution is -0.121. The summed E-state index contributed by atoms with van der Waals surface area (Å²) in [6, 6.07) is 8.45. The lowest BCUT2D eigenvalue weighted by atomic mass is 10.0. The smallest absolute Gasteiger partial charge is 0.241 e. The van der Waals surface area contributed by atoms with E-state index in [1.807, 2.05) is 11.8 Å². The molecule has 1 unspecified atom stereocenters. The Labute approximate surface area is 120 Å². The van der Waals surface area contributed by atoms with Gasteiger partial charge in [0.15, 0.2) is 0 Å². The van der Waals surface area contributed by atoms with Crippen molar-refractivity contribution in [3.8, 4) is 0 Å².